The maximum absolute atomic E-state index is 12.6. The van der Waals surface area contributed by atoms with E-state index in [9.17, 15) is 9.59 Å². The number of nitrogens with zero attached hydrogens (tertiary/aromatic N) is 3. The molecule has 2 aliphatic rings. The minimum Gasteiger partial charge on any atom is -0.324 e. The number of halogens is 1. The molecule has 0 bridgehead atoms. The smallest absolute Gasteiger partial charge is 0.258 e. The highest BCUT2D eigenvalue weighted by Gasteiger charge is 2.40. The molecule has 0 radical (unpaired) electrons. The number of thioether (sulfide) groups is 1. The van der Waals surface area contributed by atoms with Gasteiger partial charge in [0.05, 0.1) is 21.6 Å². The topological polar surface area (TPSA) is 74.1 Å². The number of amidine groups is 2. The second-order valence-electron chi connectivity index (χ2n) is 6.44. The van der Waals surface area contributed by atoms with Gasteiger partial charge in [0.15, 0.2) is 5.17 Å². The van der Waals surface area contributed by atoms with Crippen LogP contribution in [0.3, 0.4) is 0 Å². The van der Waals surface area contributed by atoms with Crippen LogP contribution in [0.15, 0.2) is 58.5 Å². The molecular formula is C20H17ClN4O2S. The van der Waals surface area contributed by atoms with E-state index in [0.717, 1.165) is 11.3 Å². The summed E-state index contributed by atoms with van der Waals surface area (Å²) in [4.78, 5) is 35.9. The minimum atomic E-state index is -0.495. The zero-order valence-corrected chi connectivity index (χ0v) is 16.8. The summed E-state index contributed by atoms with van der Waals surface area (Å²) in [5.41, 5.74) is 2.10. The Morgan fingerprint density at radius 3 is 2.71 bits per heavy atom. The van der Waals surface area contributed by atoms with Crippen molar-refractivity contribution in [3.63, 3.8) is 0 Å². The van der Waals surface area contributed by atoms with Gasteiger partial charge in [-0.3, -0.25) is 14.6 Å². The van der Waals surface area contributed by atoms with Gasteiger partial charge in [0.25, 0.3) is 5.91 Å². The first kappa shape index (κ1) is 18.7. The first-order chi connectivity index (χ1) is 13.5. The zero-order valence-electron chi connectivity index (χ0n) is 15.2. The number of carbonyl (C=O) groups excluding carboxylic acids is 2. The quantitative estimate of drug-likeness (QED) is 0.825. The molecule has 0 saturated carbocycles. The molecule has 2 aromatic rings. The van der Waals surface area contributed by atoms with Crippen LogP contribution in [0.25, 0.3) is 0 Å². The first-order valence-electron chi connectivity index (χ1n) is 8.77. The number of carbonyl (C=O) groups is 2. The van der Waals surface area contributed by atoms with Gasteiger partial charge in [0.1, 0.15) is 11.9 Å². The third kappa shape index (κ3) is 3.31. The highest BCUT2D eigenvalue weighted by Crippen LogP contribution is 2.34. The fourth-order valence-electron chi connectivity index (χ4n) is 2.96. The van der Waals surface area contributed by atoms with Crippen LogP contribution in [0.1, 0.15) is 19.4 Å². The summed E-state index contributed by atoms with van der Waals surface area (Å²) >= 11 is 7.33. The molecule has 0 unspecified atom stereocenters. The number of nitrogens with one attached hydrogen (secondary N) is 1. The second kappa shape index (κ2) is 7.41. The number of anilines is 1. The lowest BCUT2D eigenvalue weighted by Crippen LogP contribution is -2.41. The van der Waals surface area contributed by atoms with E-state index in [1.807, 2.05) is 24.3 Å². The Kier molecular flexibility index (Phi) is 4.95. The molecule has 2 amide bonds. The van der Waals surface area contributed by atoms with Gasteiger partial charge >= 0.3 is 0 Å². The van der Waals surface area contributed by atoms with Gasteiger partial charge in [0, 0.05) is 5.56 Å². The largest absolute Gasteiger partial charge is 0.324 e. The molecule has 4 rings (SSSR count). The molecule has 0 aliphatic carbocycles. The van der Waals surface area contributed by atoms with Crippen LogP contribution in [0.4, 0.5) is 11.4 Å². The predicted octanol–water partition coefficient (Wildman–Crippen LogP) is 4.08. The average Bonchev–Trinajstić information content (AvgIpc) is 2.99. The normalized spacial score (nSPS) is 18.8. The number of hydrogen-bond acceptors (Lipinski definition) is 5. The highest BCUT2D eigenvalue weighted by atomic mass is 35.5. The number of fused-ring (bicyclic) bond motifs is 3. The molecule has 1 N–H and O–H groups in total. The fourth-order valence-corrected chi connectivity index (χ4v) is 4.06. The second-order valence-corrected chi connectivity index (χ2v) is 8.16. The zero-order chi connectivity index (χ0) is 19.8. The standard InChI is InChI=1S/C20H17ClN4O2S/c1-11-19(27)25-17(22-11)13-7-3-5-9-15(13)24-20(25)28-12(2)18(26)23-16-10-6-4-8-14(16)21/h3-12H,1-2H3,(H,23,26)/t11-,12+/m1/s1. The maximum atomic E-state index is 12.6. The lowest BCUT2D eigenvalue weighted by atomic mass is 10.1. The van der Waals surface area contributed by atoms with Crippen LogP contribution in [-0.4, -0.2) is 39.0 Å². The van der Waals surface area contributed by atoms with Crippen LogP contribution in [0, 0.1) is 0 Å². The molecule has 142 valence electrons. The summed E-state index contributed by atoms with van der Waals surface area (Å²) in [7, 11) is 0. The van der Waals surface area contributed by atoms with E-state index in [2.05, 4.69) is 15.3 Å². The summed E-state index contributed by atoms with van der Waals surface area (Å²) in [6.45, 7) is 3.52. The fraction of sp³-hybridized carbons (Fsp3) is 0.200. The van der Waals surface area contributed by atoms with Crippen molar-refractivity contribution in [2.24, 2.45) is 9.98 Å². The van der Waals surface area contributed by atoms with Gasteiger partial charge in [-0.2, -0.15) is 0 Å². The monoisotopic (exact) mass is 412 g/mol. The number of para-hydroxylation sites is 2. The molecule has 2 aromatic carbocycles. The van der Waals surface area contributed by atoms with Crippen molar-refractivity contribution >= 4 is 57.6 Å². The molecule has 0 saturated heterocycles. The Morgan fingerprint density at radius 2 is 1.93 bits per heavy atom. The summed E-state index contributed by atoms with van der Waals surface area (Å²) in [5.74, 6) is 0.219. The van der Waals surface area contributed by atoms with Crippen LogP contribution in [0.2, 0.25) is 5.02 Å². The molecule has 0 spiro atoms. The molecule has 28 heavy (non-hydrogen) atoms. The lowest BCUT2D eigenvalue weighted by molar-refractivity contribution is -0.124. The van der Waals surface area contributed by atoms with Gasteiger partial charge in [-0.1, -0.05) is 47.6 Å². The van der Waals surface area contributed by atoms with Crippen LogP contribution in [0.5, 0.6) is 0 Å². The summed E-state index contributed by atoms with van der Waals surface area (Å²) < 4.78 is 0. The van der Waals surface area contributed by atoms with Crippen LogP contribution >= 0.6 is 23.4 Å². The Hall–Kier alpha value is -2.64. The van der Waals surface area contributed by atoms with E-state index in [0.29, 0.717) is 21.7 Å². The van der Waals surface area contributed by atoms with Crippen LogP contribution in [-0.2, 0) is 9.59 Å². The molecule has 8 heteroatoms. The molecule has 6 nitrogen and oxygen atoms in total. The van der Waals surface area contributed by atoms with Gasteiger partial charge in [-0.15, -0.1) is 0 Å². The van der Waals surface area contributed by atoms with Gasteiger partial charge < -0.3 is 5.32 Å². The Morgan fingerprint density at radius 1 is 1.21 bits per heavy atom. The number of benzene rings is 2. The Labute approximate surface area is 171 Å². The first-order valence-corrected chi connectivity index (χ1v) is 10.0. The summed E-state index contributed by atoms with van der Waals surface area (Å²) in [5, 5.41) is 3.24. The van der Waals surface area contributed by atoms with Crippen molar-refractivity contribution in [1.29, 1.82) is 0 Å². The van der Waals surface area contributed by atoms with Gasteiger partial charge in [-0.05, 0) is 38.1 Å². The molecule has 2 atom stereocenters. The molecular weight excluding hydrogens is 396 g/mol. The molecule has 2 heterocycles. The van der Waals surface area contributed by atoms with E-state index in [-0.39, 0.29) is 11.8 Å². The number of amides is 2. The van der Waals surface area contributed by atoms with Crippen molar-refractivity contribution in [1.82, 2.24) is 4.90 Å². The van der Waals surface area contributed by atoms with Crippen molar-refractivity contribution < 1.29 is 9.59 Å². The van der Waals surface area contributed by atoms with Crippen molar-refractivity contribution in [3.05, 3.63) is 59.1 Å². The number of hydrogen-bond donors (Lipinski definition) is 1. The van der Waals surface area contributed by atoms with Crippen molar-refractivity contribution in [2.45, 2.75) is 25.1 Å². The number of rotatable bonds is 3. The van der Waals surface area contributed by atoms with Crippen molar-refractivity contribution in [3.8, 4) is 0 Å². The highest BCUT2D eigenvalue weighted by molar-refractivity contribution is 8.15. The minimum absolute atomic E-state index is 0.144. The summed E-state index contributed by atoms with van der Waals surface area (Å²) in [6, 6.07) is 14.1. The number of aliphatic imine (C=N–C) groups is 2. The lowest BCUT2D eigenvalue weighted by Gasteiger charge is -2.26. The molecule has 0 aromatic heterocycles. The van der Waals surface area contributed by atoms with Gasteiger partial charge in [0.2, 0.25) is 5.91 Å². The van der Waals surface area contributed by atoms with Gasteiger partial charge in [-0.25, -0.2) is 9.89 Å². The summed E-state index contributed by atoms with van der Waals surface area (Å²) in [6.07, 6.45) is 0. The Bertz CT molecular complexity index is 1040. The van der Waals surface area contributed by atoms with E-state index < -0.39 is 11.3 Å². The third-order valence-corrected chi connectivity index (χ3v) is 5.82. The molecule has 0 fully saturated rings. The maximum Gasteiger partial charge on any atom is 0.258 e. The van der Waals surface area contributed by atoms with Crippen molar-refractivity contribution in [2.75, 3.05) is 5.32 Å². The van der Waals surface area contributed by atoms with E-state index in [1.165, 1.54) is 16.7 Å². The SMILES string of the molecule is C[C@H](SC1=Nc2ccccc2C2=N[C@H](C)C(=O)N12)C(=O)Nc1ccccc1Cl. The molecule has 2 aliphatic heterocycles. The van der Waals surface area contributed by atoms with E-state index in [4.69, 9.17) is 11.6 Å². The average molecular weight is 413 g/mol. The Balaban J connectivity index is 1.59. The van der Waals surface area contributed by atoms with E-state index in [1.54, 1.807) is 38.1 Å². The van der Waals surface area contributed by atoms with E-state index >= 15 is 0 Å². The third-order valence-electron chi connectivity index (χ3n) is 4.44. The predicted molar refractivity (Wildman–Crippen MR) is 114 cm³/mol. The van der Waals surface area contributed by atoms with Crippen LogP contribution < -0.4 is 5.32 Å².